The number of benzene rings is 1. The van der Waals surface area contributed by atoms with Crippen molar-refractivity contribution in [2.24, 2.45) is 5.73 Å². The van der Waals surface area contributed by atoms with Crippen LogP contribution < -0.4 is 10.5 Å². The molecule has 0 saturated carbocycles. The number of rotatable bonds is 4. The van der Waals surface area contributed by atoms with Crippen LogP contribution in [0, 0.1) is 19.3 Å². The lowest BCUT2D eigenvalue weighted by molar-refractivity contribution is 0.0960. The van der Waals surface area contributed by atoms with Crippen molar-refractivity contribution in [2.75, 3.05) is 7.11 Å². The first-order valence-corrected chi connectivity index (χ1v) is 4.98. The molecule has 0 radical (unpaired) electrons. The normalized spacial score (nSPS) is 11.6. The average molecular weight is 217 g/mol. The third-order valence-corrected chi connectivity index (χ3v) is 2.29. The molecule has 0 heterocycles. The van der Waals surface area contributed by atoms with E-state index >= 15 is 0 Å². The molecule has 0 aliphatic heterocycles. The molecule has 2 N–H and O–H groups in total. The first-order valence-electron chi connectivity index (χ1n) is 4.98. The fourth-order valence-electron chi connectivity index (χ4n) is 1.43. The maximum atomic E-state index is 12.0. The minimum absolute atomic E-state index is 0.182. The van der Waals surface area contributed by atoms with Gasteiger partial charge < -0.3 is 10.5 Å². The van der Waals surface area contributed by atoms with Crippen molar-refractivity contribution in [3.63, 3.8) is 0 Å². The van der Waals surface area contributed by atoms with Crippen molar-refractivity contribution in [1.82, 2.24) is 0 Å². The molecule has 0 spiro atoms. The number of terminal acetylenes is 1. The van der Waals surface area contributed by atoms with Crippen molar-refractivity contribution in [3.05, 3.63) is 29.3 Å². The summed E-state index contributed by atoms with van der Waals surface area (Å²) < 4.78 is 5.12. The van der Waals surface area contributed by atoms with Crippen molar-refractivity contribution in [3.8, 4) is 18.1 Å². The smallest absolute Gasteiger partial charge is 0.184 e. The van der Waals surface area contributed by atoms with Gasteiger partial charge in [0.25, 0.3) is 0 Å². The summed E-state index contributed by atoms with van der Waals surface area (Å²) >= 11 is 0. The molecular formula is C13H15NO2. The number of Topliss-reactive ketones (excluding diaryl/α,β-unsaturated/α-hetero) is 1. The van der Waals surface area contributed by atoms with E-state index in [-0.39, 0.29) is 12.2 Å². The summed E-state index contributed by atoms with van der Waals surface area (Å²) in [4.78, 5) is 12.0. The van der Waals surface area contributed by atoms with E-state index in [4.69, 9.17) is 16.9 Å². The second-order valence-electron chi connectivity index (χ2n) is 3.58. The lowest BCUT2D eigenvalue weighted by Gasteiger charge is -2.11. The van der Waals surface area contributed by atoms with Gasteiger partial charge in [-0.2, -0.15) is 0 Å². The van der Waals surface area contributed by atoms with Gasteiger partial charge in [-0.1, -0.05) is 11.6 Å². The van der Waals surface area contributed by atoms with E-state index in [1.165, 1.54) is 7.11 Å². The number of ketones is 1. The zero-order chi connectivity index (χ0) is 12.1. The van der Waals surface area contributed by atoms with Crippen LogP contribution in [0.4, 0.5) is 0 Å². The summed E-state index contributed by atoms with van der Waals surface area (Å²) in [5, 5.41) is 0. The summed E-state index contributed by atoms with van der Waals surface area (Å²) in [5.74, 6) is 2.73. The first-order chi connectivity index (χ1) is 7.60. The van der Waals surface area contributed by atoms with E-state index in [2.05, 4.69) is 5.92 Å². The Hall–Kier alpha value is -1.79. The molecular weight excluding hydrogens is 202 g/mol. The molecule has 16 heavy (non-hydrogen) atoms. The van der Waals surface area contributed by atoms with Gasteiger partial charge in [0, 0.05) is 6.42 Å². The number of aryl methyl sites for hydroxylation is 1. The Kier molecular flexibility index (Phi) is 4.10. The fraction of sp³-hybridized carbons (Fsp3) is 0.308. The Labute approximate surface area is 95.6 Å². The van der Waals surface area contributed by atoms with Crippen molar-refractivity contribution in [2.45, 2.75) is 19.4 Å². The zero-order valence-corrected chi connectivity index (χ0v) is 9.49. The zero-order valence-electron chi connectivity index (χ0n) is 9.49. The number of ether oxygens (including phenoxy) is 1. The standard InChI is InChI=1S/C13H15NO2/c1-4-5-11(14)13(15)10-8-9(2)6-7-12(10)16-3/h1,6-8,11H,5,14H2,2-3H3. The molecule has 0 amide bonds. The maximum Gasteiger partial charge on any atom is 0.184 e. The minimum atomic E-state index is -0.666. The van der Waals surface area contributed by atoms with Crippen LogP contribution in [0.5, 0.6) is 5.75 Å². The second-order valence-corrected chi connectivity index (χ2v) is 3.58. The van der Waals surface area contributed by atoms with E-state index in [1.54, 1.807) is 12.1 Å². The van der Waals surface area contributed by atoms with E-state index in [0.29, 0.717) is 11.3 Å². The SMILES string of the molecule is C#CCC(N)C(=O)c1cc(C)ccc1OC. The van der Waals surface area contributed by atoms with Gasteiger partial charge in [-0.15, -0.1) is 12.3 Å². The average Bonchev–Trinajstić information content (AvgIpc) is 2.28. The van der Waals surface area contributed by atoms with Gasteiger partial charge in [-0.3, -0.25) is 4.79 Å². The maximum absolute atomic E-state index is 12.0. The van der Waals surface area contributed by atoms with Crippen LogP contribution in [0.3, 0.4) is 0 Å². The number of carbonyl (C=O) groups excluding carboxylic acids is 1. The molecule has 1 aromatic rings. The van der Waals surface area contributed by atoms with Gasteiger partial charge in [0.1, 0.15) is 5.75 Å². The van der Waals surface area contributed by atoms with Crippen LogP contribution in [0.1, 0.15) is 22.3 Å². The van der Waals surface area contributed by atoms with Crippen LogP contribution in [-0.4, -0.2) is 18.9 Å². The molecule has 0 aromatic heterocycles. The van der Waals surface area contributed by atoms with Crippen molar-refractivity contribution < 1.29 is 9.53 Å². The molecule has 1 rings (SSSR count). The van der Waals surface area contributed by atoms with E-state index in [0.717, 1.165) is 5.56 Å². The molecule has 3 heteroatoms. The number of hydrogen-bond acceptors (Lipinski definition) is 3. The number of hydrogen-bond donors (Lipinski definition) is 1. The number of carbonyl (C=O) groups is 1. The highest BCUT2D eigenvalue weighted by Gasteiger charge is 2.18. The van der Waals surface area contributed by atoms with Crippen LogP contribution in [0.15, 0.2) is 18.2 Å². The minimum Gasteiger partial charge on any atom is -0.496 e. The molecule has 1 unspecified atom stereocenters. The summed E-state index contributed by atoms with van der Waals surface area (Å²) in [5.41, 5.74) is 7.16. The van der Waals surface area contributed by atoms with Gasteiger partial charge in [-0.25, -0.2) is 0 Å². The quantitative estimate of drug-likeness (QED) is 0.614. The Morgan fingerprint density at radius 1 is 1.62 bits per heavy atom. The van der Waals surface area contributed by atoms with Gasteiger partial charge in [0.05, 0.1) is 18.7 Å². The highest BCUT2D eigenvalue weighted by Crippen LogP contribution is 2.21. The van der Waals surface area contributed by atoms with E-state index in [1.807, 2.05) is 13.0 Å². The molecule has 3 nitrogen and oxygen atoms in total. The molecule has 0 aliphatic rings. The topological polar surface area (TPSA) is 52.3 Å². The van der Waals surface area contributed by atoms with Gasteiger partial charge >= 0.3 is 0 Å². The van der Waals surface area contributed by atoms with Gasteiger partial charge in [0.2, 0.25) is 0 Å². The first kappa shape index (κ1) is 12.3. The molecule has 1 aromatic carbocycles. The number of methoxy groups -OCH3 is 1. The summed E-state index contributed by atoms with van der Waals surface area (Å²) in [6.45, 7) is 1.91. The molecule has 0 bridgehead atoms. The van der Waals surface area contributed by atoms with Gasteiger partial charge in [-0.05, 0) is 19.1 Å². The van der Waals surface area contributed by atoms with Crippen LogP contribution >= 0.6 is 0 Å². The van der Waals surface area contributed by atoms with E-state index in [9.17, 15) is 4.79 Å². The van der Waals surface area contributed by atoms with Crippen LogP contribution in [0.25, 0.3) is 0 Å². The number of nitrogens with two attached hydrogens (primary N) is 1. The second kappa shape index (κ2) is 5.34. The molecule has 0 aliphatic carbocycles. The van der Waals surface area contributed by atoms with Crippen LogP contribution in [0.2, 0.25) is 0 Å². The monoisotopic (exact) mass is 217 g/mol. The van der Waals surface area contributed by atoms with Crippen molar-refractivity contribution in [1.29, 1.82) is 0 Å². The lowest BCUT2D eigenvalue weighted by Crippen LogP contribution is -2.30. The highest BCUT2D eigenvalue weighted by atomic mass is 16.5. The summed E-state index contributed by atoms with van der Waals surface area (Å²) in [6, 6.07) is 4.73. The predicted molar refractivity (Wildman–Crippen MR) is 63.5 cm³/mol. The van der Waals surface area contributed by atoms with E-state index < -0.39 is 6.04 Å². The predicted octanol–water partition coefficient (Wildman–Crippen LogP) is 1.54. The van der Waals surface area contributed by atoms with Crippen LogP contribution in [-0.2, 0) is 0 Å². The molecule has 1 atom stereocenters. The third kappa shape index (κ3) is 2.62. The fourth-order valence-corrected chi connectivity index (χ4v) is 1.43. The molecule has 0 fully saturated rings. The largest absolute Gasteiger partial charge is 0.496 e. The Balaban J connectivity index is 3.07. The molecule has 84 valence electrons. The lowest BCUT2D eigenvalue weighted by atomic mass is 10.00. The van der Waals surface area contributed by atoms with Gasteiger partial charge in [0.15, 0.2) is 5.78 Å². The third-order valence-electron chi connectivity index (χ3n) is 2.29. The Morgan fingerprint density at radius 2 is 2.31 bits per heavy atom. The summed E-state index contributed by atoms with van der Waals surface area (Å²) in [7, 11) is 1.52. The Morgan fingerprint density at radius 3 is 2.88 bits per heavy atom. The summed E-state index contributed by atoms with van der Waals surface area (Å²) in [6.07, 6.45) is 5.36. The Bertz CT molecular complexity index is 432. The van der Waals surface area contributed by atoms with Crippen molar-refractivity contribution >= 4 is 5.78 Å². The molecule has 0 saturated heterocycles. The highest BCUT2D eigenvalue weighted by molar-refractivity contribution is 6.02.